The topological polar surface area (TPSA) is 49.7 Å². The van der Waals surface area contributed by atoms with E-state index in [-0.39, 0.29) is 11.8 Å². The summed E-state index contributed by atoms with van der Waals surface area (Å²) < 4.78 is 0. The zero-order valence-corrected chi connectivity index (χ0v) is 9.22. The minimum atomic E-state index is -0.583. The molecule has 1 atom stereocenters. The van der Waals surface area contributed by atoms with Gasteiger partial charge in [0, 0.05) is 6.20 Å². The van der Waals surface area contributed by atoms with E-state index in [1.54, 1.807) is 24.4 Å². The van der Waals surface area contributed by atoms with Crippen LogP contribution in [0.3, 0.4) is 0 Å². The van der Waals surface area contributed by atoms with E-state index >= 15 is 0 Å². The third kappa shape index (κ3) is 1.83. The van der Waals surface area contributed by atoms with Crippen LogP contribution in [-0.4, -0.2) is 22.5 Å². The van der Waals surface area contributed by atoms with Crippen LogP contribution in [0.5, 0.6) is 0 Å². The van der Waals surface area contributed by atoms with Gasteiger partial charge < -0.3 is 0 Å². The van der Waals surface area contributed by atoms with Crippen molar-refractivity contribution < 1.29 is 9.59 Å². The van der Waals surface area contributed by atoms with Gasteiger partial charge in [-0.05, 0) is 18.6 Å². The van der Waals surface area contributed by atoms with Crippen LogP contribution >= 0.6 is 0 Å². The first-order valence-corrected chi connectivity index (χ1v) is 5.54. The Morgan fingerprint density at radius 1 is 1.38 bits per heavy atom. The highest BCUT2D eigenvalue weighted by molar-refractivity contribution is 6.19. The van der Waals surface area contributed by atoms with Gasteiger partial charge in [-0.2, -0.15) is 4.99 Å². The fourth-order valence-corrected chi connectivity index (χ4v) is 1.83. The van der Waals surface area contributed by atoms with Crippen molar-refractivity contribution in [2.24, 2.45) is 10.9 Å². The summed E-state index contributed by atoms with van der Waals surface area (Å²) in [5, 5.41) is 0. The van der Waals surface area contributed by atoms with Crippen LogP contribution in [0, 0.1) is 5.92 Å². The molecular formula is C12H14N2O2. The van der Waals surface area contributed by atoms with Crippen LogP contribution in [0.15, 0.2) is 29.4 Å². The Morgan fingerprint density at radius 3 is 2.94 bits per heavy atom. The fraction of sp³-hybridized carbons (Fsp3) is 0.417. The van der Waals surface area contributed by atoms with Crippen molar-refractivity contribution in [3.05, 3.63) is 24.4 Å². The van der Waals surface area contributed by atoms with Gasteiger partial charge in [0.25, 0.3) is 5.91 Å². The van der Waals surface area contributed by atoms with Gasteiger partial charge >= 0.3 is 0 Å². The summed E-state index contributed by atoms with van der Waals surface area (Å²) in [6.45, 7) is 2.04. The second-order valence-electron chi connectivity index (χ2n) is 3.91. The van der Waals surface area contributed by atoms with Crippen LogP contribution in [0.1, 0.15) is 26.2 Å². The molecule has 0 fully saturated rings. The van der Waals surface area contributed by atoms with Gasteiger partial charge in [0.15, 0.2) is 0 Å². The zero-order valence-electron chi connectivity index (χ0n) is 9.22. The zero-order chi connectivity index (χ0) is 11.5. The van der Waals surface area contributed by atoms with Gasteiger partial charge in [-0.25, -0.2) is 0 Å². The molecule has 4 heteroatoms. The molecule has 0 bridgehead atoms. The van der Waals surface area contributed by atoms with Gasteiger partial charge in [-0.15, -0.1) is 0 Å². The second-order valence-corrected chi connectivity index (χ2v) is 3.91. The maximum absolute atomic E-state index is 12.0. The van der Waals surface area contributed by atoms with Crippen molar-refractivity contribution in [3.8, 4) is 0 Å². The fourth-order valence-electron chi connectivity index (χ4n) is 1.83. The molecule has 0 unspecified atom stereocenters. The molecule has 0 aliphatic carbocycles. The first-order valence-electron chi connectivity index (χ1n) is 5.54. The molecule has 0 aromatic heterocycles. The summed E-state index contributed by atoms with van der Waals surface area (Å²) in [6.07, 6.45) is 9.31. The average molecular weight is 218 g/mol. The number of hydrogen-bond donors (Lipinski definition) is 0. The van der Waals surface area contributed by atoms with E-state index in [1.165, 1.54) is 4.90 Å². The molecule has 0 saturated carbocycles. The third-order valence-corrected chi connectivity index (χ3v) is 2.74. The van der Waals surface area contributed by atoms with E-state index in [4.69, 9.17) is 0 Å². The average Bonchev–Trinajstić information content (AvgIpc) is 2.29. The molecule has 2 aliphatic rings. The van der Waals surface area contributed by atoms with E-state index in [0.29, 0.717) is 12.3 Å². The van der Waals surface area contributed by atoms with Crippen LogP contribution in [-0.2, 0) is 9.59 Å². The van der Waals surface area contributed by atoms with Gasteiger partial charge in [0.2, 0.25) is 5.91 Å². The van der Waals surface area contributed by atoms with E-state index in [2.05, 4.69) is 4.99 Å². The van der Waals surface area contributed by atoms with E-state index < -0.39 is 5.92 Å². The number of unbranched alkanes of at least 4 members (excludes halogenated alkanes) is 1. The van der Waals surface area contributed by atoms with Crippen LogP contribution in [0.2, 0.25) is 0 Å². The molecule has 0 spiro atoms. The third-order valence-electron chi connectivity index (χ3n) is 2.74. The Balaban J connectivity index is 2.22. The smallest absolute Gasteiger partial charge is 0.260 e. The minimum Gasteiger partial charge on any atom is -0.273 e. The first kappa shape index (κ1) is 10.8. The number of nitrogens with zero attached hydrogens (tertiary/aromatic N) is 2. The highest BCUT2D eigenvalue weighted by atomic mass is 16.2. The number of hydrogen-bond acceptors (Lipinski definition) is 2. The molecule has 2 rings (SSSR count). The van der Waals surface area contributed by atoms with Gasteiger partial charge in [0.05, 0.1) is 0 Å². The monoisotopic (exact) mass is 218 g/mol. The number of amides is 2. The molecule has 0 radical (unpaired) electrons. The SMILES string of the molecule is CCCC[C@H]1C(=O)N=C2C=CC=CN2C1=O. The van der Waals surface area contributed by atoms with Crippen molar-refractivity contribution in [2.45, 2.75) is 26.2 Å². The molecule has 2 aliphatic heterocycles. The number of carbonyl (C=O) groups is 2. The van der Waals surface area contributed by atoms with Crippen LogP contribution < -0.4 is 0 Å². The maximum Gasteiger partial charge on any atom is 0.260 e. The predicted octanol–water partition coefficient (Wildman–Crippen LogP) is 1.64. The summed E-state index contributed by atoms with van der Waals surface area (Å²) in [4.78, 5) is 29.1. The number of fused-ring (bicyclic) bond motifs is 1. The number of allylic oxidation sites excluding steroid dienone is 2. The normalized spacial score (nSPS) is 23.4. The van der Waals surface area contributed by atoms with Crippen molar-refractivity contribution in [3.63, 3.8) is 0 Å². The van der Waals surface area contributed by atoms with E-state index in [0.717, 1.165) is 12.8 Å². The molecule has 16 heavy (non-hydrogen) atoms. The second kappa shape index (κ2) is 4.43. The quantitative estimate of drug-likeness (QED) is 0.676. The van der Waals surface area contributed by atoms with Crippen molar-refractivity contribution in [1.29, 1.82) is 0 Å². The van der Waals surface area contributed by atoms with Crippen molar-refractivity contribution in [1.82, 2.24) is 4.90 Å². The summed E-state index contributed by atoms with van der Waals surface area (Å²) in [5.74, 6) is -0.598. The van der Waals surface area contributed by atoms with Crippen molar-refractivity contribution in [2.75, 3.05) is 0 Å². The van der Waals surface area contributed by atoms with Crippen molar-refractivity contribution >= 4 is 17.6 Å². The molecule has 0 aromatic carbocycles. The molecule has 0 saturated heterocycles. The highest BCUT2D eigenvalue weighted by Crippen LogP contribution is 2.21. The van der Waals surface area contributed by atoms with Crippen LogP contribution in [0.25, 0.3) is 0 Å². The Kier molecular flexibility index (Phi) is 2.99. The predicted molar refractivity (Wildman–Crippen MR) is 60.6 cm³/mol. The molecule has 2 heterocycles. The lowest BCUT2D eigenvalue weighted by Crippen LogP contribution is -2.44. The Morgan fingerprint density at radius 2 is 2.19 bits per heavy atom. The molecule has 2 amide bonds. The lowest BCUT2D eigenvalue weighted by Gasteiger charge is -2.28. The lowest BCUT2D eigenvalue weighted by molar-refractivity contribution is -0.138. The highest BCUT2D eigenvalue weighted by Gasteiger charge is 2.35. The minimum absolute atomic E-state index is 0.149. The molecule has 0 aromatic rings. The largest absolute Gasteiger partial charge is 0.273 e. The van der Waals surface area contributed by atoms with E-state index in [1.807, 2.05) is 6.92 Å². The van der Waals surface area contributed by atoms with Crippen LogP contribution in [0.4, 0.5) is 0 Å². The summed E-state index contributed by atoms with van der Waals surface area (Å²) in [5.41, 5.74) is 0. The molecule has 4 nitrogen and oxygen atoms in total. The van der Waals surface area contributed by atoms with Gasteiger partial charge in [0.1, 0.15) is 11.8 Å². The Bertz CT molecular complexity index is 407. The standard InChI is InChI=1S/C12H14N2O2/c1-2-3-6-9-11(15)13-10-7-4-5-8-14(10)12(9)16/h4-5,7-9H,2-3,6H2,1H3/t9-/m0/s1. The Hall–Kier alpha value is -1.71. The van der Waals surface area contributed by atoms with Gasteiger partial charge in [-0.3, -0.25) is 14.5 Å². The summed E-state index contributed by atoms with van der Waals surface area (Å²) >= 11 is 0. The summed E-state index contributed by atoms with van der Waals surface area (Å²) in [6, 6.07) is 0. The van der Waals surface area contributed by atoms with E-state index in [9.17, 15) is 9.59 Å². The van der Waals surface area contributed by atoms with Gasteiger partial charge in [-0.1, -0.05) is 25.8 Å². The molecule has 0 N–H and O–H groups in total. The number of aliphatic imine (C=N–C) groups is 1. The lowest BCUT2D eigenvalue weighted by atomic mass is 9.98. The summed E-state index contributed by atoms with van der Waals surface area (Å²) in [7, 11) is 0. The Labute approximate surface area is 94.3 Å². The first-order chi connectivity index (χ1) is 7.74. The number of rotatable bonds is 3. The maximum atomic E-state index is 12.0. The number of carbonyl (C=O) groups excluding carboxylic acids is 2. The molecule has 84 valence electrons. The number of amidine groups is 1. The molecular weight excluding hydrogens is 204 g/mol.